The van der Waals surface area contributed by atoms with Crippen LogP contribution in [0.1, 0.15) is 20.7 Å². The highest BCUT2D eigenvalue weighted by atomic mass is 19.3. The van der Waals surface area contributed by atoms with E-state index in [0.29, 0.717) is 0 Å². The summed E-state index contributed by atoms with van der Waals surface area (Å²) in [5.74, 6) is -3.02. The summed E-state index contributed by atoms with van der Waals surface area (Å²) in [5.41, 5.74) is -1.16. The summed E-state index contributed by atoms with van der Waals surface area (Å²) in [6.45, 7) is -6.76. The Morgan fingerprint density at radius 2 is 1.17 bits per heavy atom. The van der Waals surface area contributed by atoms with E-state index in [-0.39, 0.29) is 0 Å². The zero-order chi connectivity index (χ0) is 13.7. The quantitative estimate of drug-likeness (QED) is 0.620. The van der Waals surface area contributed by atoms with Gasteiger partial charge in [0, 0.05) is 0 Å². The van der Waals surface area contributed by atoms with E-state index in [0.717, 1.165) is 12.1 Å². The maximum Gasteiger partial charge on any atom is 0.389 e. The minimum atomic E-state index is -3.38. The Kier molecular flexibility index (Phi) is 4.64. The van der Waals surface area contributed by atoms with Crippen molar-refractivity contribution >= 4 is 11.9 Å². The number of ether oxygens (including phenoxy) is 2. The fourth-order valence-electron chi connectivity index (χ4n) is 1.13. The lowest BCUT2D eigenvalue weighted by atomic mass is 10.1. The van der Waals surface area contributed by atoms with Gasteiger partial charge in [-0.15, -0.1) is 0 Å². The van der Waals surface area contributed by atoms with Gasteiger partial charge in [0.1, 0.15) is 0 Å². The van der Waals surface area contributed by atoms with Crippen molar-refractivity contribution in [2.45, 2.75) is 13.2 Å². The van der Waals surface area contributed by atoms with Crippen LogP contribution >= 0.6 is 0 Å². The smallest absolute Gasteiger partial charge is 0.389 e. The Labute approximate surface area is 98.1 Å². The van der Waals surface area contributed by atoms with Crippen molar-refractivity contribution in [1.29, 1.82) is 0 Å². The van der Waals surface area contributed by atoms with Crippen molar-refractivity contribution in [1.82, 2.24) is 0 Å². The van der Waals surface area contributed by atoms with Gasteiger partial charge in [-0.05, 0) is 12.1 Å². The maximum atomic E-state index is 11.8. The number of rotatable bonds is 4. The Morgan fingerprint density at radius 1 is 0.833 bits per heavy atom. The van der Waals surface area contributed by atoms with Gasteiger partial charge < -0.3 is 9.47 Å². The van der Waals surface area contributed by atoms with Crippen molar-refractivity contribution in [3.05, 3.63) is 35.4 Å². The normalized spacial score (nSPS) is 10.6. The highest BCUT2D eigenvalue weighted by Crippen LogP contribution is 2.14. The number of hydrogen-bond donors (Lipinski definition) is 0. The molecule has 0 fully saturated rings. The van der Waals surface area contributed by atoms with Crippen LogP contribution in [0.4, 0.5) is 17.6 Å². The molecule has 0 aliphatic rings. The first-order chi connectivity index (χ1) is 8.41. The molecule has 0 amide bonds. The van der Waals surface area contributed by atoms with E-state index >= 15 is 0 Å². The molecule has 4 nitrogen and oxygen atoms in total. The van der Waals surface area contributed by atoms with Crippen LogP contribution in [0.25, 0.3) is 0 Å². The number of carbonyl (C=O) groups is 2. The first kappa shape index (κ1) is 13.9. The van der Waals surface area contributed by atoms with Crippen molar-refractivity contribution in [2.24, 2.45) is 0 Å². The molecule has 0 aromatic heterocycles. The van der Waals surface area contributed by atoms with Gasteiger partial charge >= 0.3 is 25.2 Å². The van der Waals surface area contributed by atoms with Gasteiger partial charge in [-0.2, -0.15) is 17.6 Å². The third-order valence-corrected chi connectivity index (χ3v) is 1.76. The van der Waals surface area contributed by atoms with Crippen molar-refractivity contribution in [3.8, 4) is 0 Å². The van der Waals surface area contributed by atoms with Gasteiger partial charge in [0.15, 0.2) is 0 Å². The zero-order valence-electron chi connectivity index (χ0n) is 8.61. The maximum absolute atomic E-state index is 11.8. The lowest BCUT2D eigenvalue weighted by molar-refractivity contribution is -0.0940. The predicted molar refractivity (Wildman–Crippen MR) is 49.3 cm³/mol. The molecule has 1 rings (SSSR count). The highest BCUT2D eigenvalue weighted by molar-refractivity contribution is 6.03. The SMILES string of the molecule is O=C(OC(F)F)c1ccccc1C(=O)OC(F)F. The topological polar surface area (TPSA) is 52.6 Å². The second-order valence-corrected chi connectivity index (χ2v) is 2.88. The van der Waals surface area contributed by atoms with Crippen LogP contribution in [0.2, 0.25) is 0 Å². The van der Waals surface area contributed by atoms with Crippen LogP contribution in [0.3, 0.4) is 0 Å². The number of hydrogen-bond acceptors (Lipinski definition) is 4. The van der Waals surface area contributed by atoms with E-state index in [9.17, 15) is 27.2 Å². The number of halogens is 4. The second-order valence-electron chi connectivity index (χ2n) is 2.88. The zero-order valence-corrected chi connectivity index (χ0v) is 8.61. The number of benzene rings is 1. The van der Waals surface area contributed by atoms with Gasteiger partial charge in [-0.1, -0.05) is 12.1 Å². The summed E-state index contributed by atoms with van der Waals surface area (Å²) in [7, 11) is 0. The molecule has 0 radical (unpaired) electrons. The molecule has 0 heterocycles. The average molecular weight is 266 g/mol. The summed E-state index contributed by atoms with van der Waals surface area (Å²) < 4.78 is 54.5. The van der Waals surface area contributed by atoms with Gasteiger partial charge in [0.2, 0.25) is 0 Å². The summed E-state index contributed by atoms with van der Waals surface area (Å²) in [6.07, 6.45) is 0. The van der Waals surface area contributed by atoms with E-state index in [2.05, 4.69) is 9.47 Å². The predicted octanol–water partition coefficient (Wildman–Crippen LogP) is 2.45. The van der Waals surface area contributed by atoms with Crippen molar-refractivity contribution in [2.75, 3.05) is 0 Å². The molecule has 1 aromatic carbocycles. The monoisotopic (exact) mass is 266 g/mol. The van der Waals surface area contributed by atoms with Crippen LogP contribution in [-0.2, 0) is 9.47 Å². The van der Waals surface area contributed by atoms with E-state index in [1.165, 1.54) is 12.1 Å². The largest absolute Gasteiger partial charge is 0.399 e. The molecule has 8 heteroatoms. The molecule has 0 atom stereocenters. The van der Waals surface area contributed by atoms with Crippen LogP contribution in [-0.4, -0.2) is 25.2 Å². The molecule has 0 saturated heterocycles. The molecule has 0 bridgehead atoms. The minimum absolute atomic E-state index is 0.580. The molecule has 98 valence electrons. The molecular weight excluding hydrogens is 260 g/mol. The molecule has 0 aliphatic heterocycles. The Morgan fingerprint density at radius 3 is 1.44 bits per heavy atom. The molecule has 0 unspecified atom stereocenters. The molecule has 0 N–H and O–H groups in total. The Balaban J connectivity index is 2.99. The number of carbonyl (C=O) groups excluding carboxylic acids is 2. The summed E-state index contributed by atoms with van der Waals surface area (Å²) in [6, 6.07) is 4.46. The lowest BCUT2D eigenvalue weighted by Gasteiger charge is -2.08. The fourth-order valence-corrected chi connectivity index (χ4v) is 1.13. The third-order valence-electron chi connectivity index (χ3n) is 1.76. The minimum Gasteiger partial charge on any atom is -0.399 e. The molecule has 0 spiro atoms. The first-order valence-electron chi connectivity index (χ1n) is 4.49. The van der Waals surface area contributed by atoms with Gasteiger partial charge in [0.25, 0.3) is 0 Å². The van der Waals surface area contributed by atoms with E-state index in [1.807, 2.05) is 0 Å². The van der Waals surface area contributed by atoms with Gasteiger partial charge in [-0.25, -0.2) is 9.59 Å². The summed E-state index contributed by atoms with van der Waals surface area (Å²) in [4.78, 5) is 22.3. The van der Waals surface area contributed by atoms with Crippen molar-refractivity contribution < 1.29 is 36.6 Å². The van der Waals surface area contributed by atoms with Crippen LogP contribution in [0, 0.1) is 0 Å². The van der Waals surface area contributed by atoms with E-state index < -0.39 is 36.3 Å². The van der Waals surface area contributed by atoms with Gasteiger partial charge in [-0.3, -0.25) is 0 Å². The Hall–Kier alpha value is -2.12. The van der Waals surface area contributed by atoms with Crippen LogP contribution in [0.15, 0.2) is 24.3 Å². The second kappa shape index (κ2) is 5.99. The van der Waals surface area contributed by atoms with Crippen LogP contribution < -0.4 is 0 Å². The molecule has 0 saturated carbocycles. The van der Waals surface area contributed by atoms with Crippen molar-refractivity contribution in [3.63, 3.8) is 0 Å². The number of esters is 2. The van der Waals surface area contributed by atoms with E-state index in [1.54, 1.807) is 0 Å². The average Bonchev–Trinajstić information content (AvgIpc) is 2.27. The summed E-state index contributed by atoms with van der Waals surface area (Å²) in [5, 5.41) is 0. The number of alkyl halides is 4. The third kappa shape index (κ3) is 3.72. The molecular formula is C10H6F4O4. The Bertz CT molecular complexity index is 406. The van der Waals surface area contributed by atoms with Crippen LogP contribution in [0.5, 0.6) is 0 Å². The standard InChI is InChI=1S/C10H6F4O4/c11-9(12)17-7(15)5-3-1-2-4-6(5)8(16)18-10(13)14/h1-4,9-10H. The van der Waals surface area contributed by atoms with E-state index in [4.69, 9.17) is 0 Å². The molecule has 0 aliphatic carbocycles. The lowest BCUT2D eigenvalue weighted by Crippen LogP contribution is -2.17. The first-order valence-corrected chi connectivity index (χ1v) is 4.49. The highest BCUT2D eigenvalue weighted by Gasteiger charge is 2.23. The fraction of sp³-hybridized carbons (Fsp3) is 0.200. The summed E-state index contributed by atoms with van der Waals surface area (Å²) >= 11 is 0. The molecule has 18 heavy (non-hydrogen) atoms. The van der Waals surface area contributed by atoms with Gasteiger partial charge in [0.05, 0.1) is 11.1 Å². The molecule has 1 aromatic rings.